The summed E-state index contributed by atoms with van der Waals surface area (Å²) in [6, 6.07) is 8.46. The van der Waals surface area contributed by atoms with Gasteiger partial charge in [-0.3, -0.25) is 4.79 Å². The van der Waals surface area contributed by atoms with Crippen LogP contribution in [-0.2, 0) is 22.5 Å². The monoisotopic (exact) mass is 326 g/mol. The molecular formula is C18H22N4O2. The van der Waals surface area contributed by atoms with Crippen LogP contribution in [0.2, 0.25) is 0 Å². The van der Waals surface area contributed by atoms with Crippen LogP contribution in [0.1, 0.15) is 54.9 Å². The van der Waals surface area contributed by atoms with E-state index < -0.39 is 0 Å². The van der Waals surface area contributed by atoms with Crippen molar-refractivity contribution in [3.05, 3.63) is 41.5 Å². The van der Waals surface area contributed by atoms with Crippen molar-refractivity contribution >= 4 is 11.7 Å². The second-order valence-electron chi connectivity index (χ2n) is 6.66. The van der Waals surface area contributed by atoms with E-state index in [0.717, 1.165) is 17.1 Å². The summed E-state index contributed by atoms with van der Waals surface area (Å²) >= 11 is 0. The molecule has 126 valence electrons. The van der Waals surface area contributed by atoms with Crippen LogP contribution in [0.15, 0.2) is 24.3 Å². The third-order valence-electron chi connectivity index (χ3n) is 4.60. The lowest BCUT2D eigenvalue weighted by atomic mass is 10.1. The van der Waals surface area contributed by atoms with Gasteiger partial charge in [0.15, 0.2) is 5.82 Å². The third-order valence-corrected chi connectivity index (χ3v) is 4.60. The van der Waals surface area contributed by atoms with Crippen molar-refractivity contribution in [2.45, 2.75) is 50.6 Å². The van der Waals surface area contributed by atoms with E-state index in [1.807, 2.05) is 24.3 Å². The molecule has 1 N–H and O–H groups in total. The van der Waals surface area contributed by atoms with E-state index in [4.69, 9.17) is 4.74 Å². The van der Waals surface area contributed by atoms with Crippen molar-refractivity contribution in [3.63, 3.8) is 0 Å². The fourth-order valence-electron chi connectivity index (χ4n) is 3.02. The zero-order chi connectivity index (χ0) is 16.5. The summed E-state index contributed by atoms with van der Waals surface area (Å²) in [6.45, 7) is 0.651. The Morgan fingerprint density at radius 2 is 2.12 bits per heavy atom. The van der Waals surface area contributed by atoms with Crippen molar-refractivity contribution in [1.82, 2.24) is 14.8 Å². The van der Waals surface area contributed by atoms with Gasteiger partial charge in [0.25, 0.3) is 0 Å². The van der Waals surface area contributed by atoms with Gasteiger partial charge in [-0.1, -0.05) is 12.1 Å². The van der Waals surface area contributed by atoms with Crippen LogP contribution >= 0.6 is 0 Å². The molecule has 0 saturated heterocycles. The predicted octanol–water partition coefficient (Wildman–Crippen LogP) is 2.82. The molecule has 2 fully saturated rings. The number of carbonyl (C=O) groups is 1. The lowest BCUT2D eigenvalue weighted by Gasteiger charge is -2.11. The van der Waals surface area contributed by atoms with Crippen molar-refractivity contribution in [2.75, 3.05) is 12.4 Å². The molecule has 2 saturated carbocycles. The normalized spacial score (nSPS) is 16.9. The molecule has 2 aromatic rings. The molecule has 0 spiro atoms. The second-order valence-corrected chi connectivity index (χ2v) is 6.66. The molecule has 0 bridgehead atoms. The molecule has 0 atom stereocenters. The van der Waals surface area contributed by atoms with Crippen molar-refractivity contribution < 1.29 is 9.53 Å². The summed E-state index contributed by atoms with van der Waals surface area (Å²) in [6.07, 6.45) is 5.25. The predicted molar refractivity (Wildman–Crippen MR) is 89.8 cm³/mol. The number of ether oxygens (including phenoxy) is 1. The van der Waals surface area contributed by atoms with E-state index in [1.54, 1.807) is 0 Å². The molecule has 6 nitrogen and oxygen atoms in total. The first-order chi connectivity index (χ1) is 11.7. The molecule has 4 rings (SSSR count). The zero-order valence-electron chi connectivity index (χ0n) is 13.9. The molecule has 6 heteroatoms. The molecule has 2 aliphatic rings. The lowest BCUT2D eigenvalue weighted by molar-refractivity contribution is -0.139. The summed E-state index contributed by atoms with van der Waals surface area (Å²) in [5.41, 5.74) is 1.92. The number of carbonyl (C=O) groups excluding carboxylic acids is 1. The molecule has 2 aliphatic carbocycles. The van der Waals surface area contributed by atoms with Gasteiger partial charge in [0, 0.05) is 17.6 Å². The van der Waals surface area contributed by atoms with Gasteiger partial charge in [0.05, 0.1) is 20.1 Å². The van der Waals surface area contributed by atoms with Gasteiger partial charge in [-0.2, -0.15) is 0 Å². The number of methoxy groups -OCH3 is 1. The molecule has 24 heavy (non-hydrogen) atoms. The number of nitrogens with zero attached hydrogens (tertiary/aromatic N) is 3. The van der Waals surface area contributed by atoms with Crippen molar-refractivity contribution in [1.29, 1.82) is 0 Å². The largest absolute Gasteiger partial charge is 0.469 e. The smallest absolute Gasteiger partial charge is 0.309 e. The molecule has 1 aromatic carbocycles. The van der Waals surface area contributed by atoms with E-state index in [-0.39, 0.29) is 12.4 Å². The SMILES string of the molecule is COC(=O)Cc1cccc(NCc2nnc(C3CC3)n2C2CC2)c1. The number of aromatic nitrogens is 3. The maximum atomic E-state index is 11.4. The van der Waals surface area contributed by atoms with Crippen LogP contribution in [0.4, 0.5) is 5.69 Å². The maximum Gasteiger partial charge on any atom is 0.309 e. The fourth-order valence-corrected chi connectivity index (χ4v) is 3.02. The van der Waals surface area contributed by atoms with Crippen LogP contribution in [0, 0.1) is 0 Å². The Labute approximate surface area is 141 Å². The molecule has 0 amide bonds. The first kappa shape index (κ1) is 15.2. The summed E-state index contributed by atoms with van der Waals surface area (Å²) < 4.78 is 7.07. The molecule has 0 radical (unpaired) electrons. The van der Waals surface area contributed by atoms with E-state index >= 15 is 0 Å². The van der Waals surface area contributed by atoms with Crippen LogP contribution in [0.3, 0.4) is 0 Å². The topological polar surface area (TPSA) is 69.0 Å². The quantitative estimate of drug-likeness (QED) is 0.792. The van der Waals surface area contributed by atoms with E-state index in [0.29, 0.717) is 18.5 Å². The highest BCUT2D eigenvalue weighted by Crippen LogP contribution is 2.44. The van der Waals surface area contributed by atoms with Crippen LogP contribution in [-0.4, -0.2) is 27.8 Å². The first-order valence-corrected chi connectivity index (χ1v) is 8.58. The Kier molecular flexibility index (Phi) is 3.96. The number of hydrogen-bond acceptors (Lipinski definition) is 5. The van der Waals surface area contributed by atoms with E-state index in [1.165, 1.54) is 38.6 Å². The highest BCUT2D eigenvalue weighted by molar-refractivity contribution is 5.72. The fraction of sp³-hybridized carbons (Fsp3) is 0.500. The number of esters is 1. The van der Waals surface area contributed by atoms with E-state index in [2.05, 4.69) is 20.1 Å². The molecule has 1 heterocycles. The van der Waals surface area contributed by atoms with Gasteiger partial charge in [0.2, 0.25) is 0 Å². The minimum absolute atomic E-state index is 0.227. The van der Waals surface area contributed by atoms with Gasteiger partial charge in [-0.05, 0) is 43.4 Å². The van der Waals surface area contributed by atoms with Gasteiger partial charge in [-0.25, -0.2) is 0 Å². The summed E-state index contributed by atoms with van der Waals surface area (Å²) in [4.78, 5) is 11.4. The minimum atomic E-state index is -0.227. The Morgan fingerprint density at radius 1 is 1.29 bits per heavy atom. The first-order valence-electron chi connectivity index (χ1n) is 8.58. The number of anilines is 1. The van der Waals surface area contributed by atoms with Gasteiger partial charge in [0.1, 0.15) is 5.82 Å². The summed E-state index contributed by atoms with van der Waals surface area (Å²) in [7, 11) is 1.41. The van der Waals surface area contributed by atoms with Gasteiger partial charge >= 0.3 is 5.97 Å². The molecule has 0 unspecified atom stereocenters. The average Bonchev–Trinajstić information content (AvgIpc) is 3.52. The highest BCUT2D eigenvalue weighted by atomic mass is 16.5. The summed E-state index contributed by atoms with van der Waals surface area (Å²) in [5, 5.41) is 12.3. The number of nitrogens with one attached hydrogen (secondary N) is 1. The third kappa shape index (κ3) is 3.27. The average molecular weight is 326 g/mol. The van der Waals surface area contributed by atoms with Gasteiger partial charge < -0.3 is 14.6 Å². The lowest BCUT2D eigenvalue weighted by Crippen LogP contribution is -2.10. The standard InChI is InChI=1S/C18H22N4O2/c1-24-17(23)10-12-3-2-4-14(9-12)19-11-16-20-21-18(13-5-6-13)22(16)15-7-8-15/h2-4,9,13,15,19H,5-8,10-11H2,1H3. The zero-order valence-corrected chi connectivity index (χ0v) is 13.9. The Balaban J connectivity index is 1.45. The van der Waals surface area contributed by atoms with Gasteiger partial charge in [-0.15, -0.1) is 10.2 Å². The number of hydrogen-bond donors (Lipinski definition) is 1. The summed E-state index contributed by atoms with van der Waals surface area (Å²) in [5.74, 6) is 2.58. The number of rotatable bonds is 7. The number of benzene rings is 1. The van der Waals surface area contributed by atoms with E-state index in [9.17, 15) is 4.79 Å². The Bertz CT molecular complexity index is 747. The molecular weight excluding hydrogens is 304 g/mol. The van der Waals surface area contributed by atoms with Crippen LogP contribution < -0.4 is 5.32 Å². The van der Waals surface area contributed by atoms with Crippen molar-refractivity contribution in [2.24, 2.45) is 0 Å². The van der Waals surface area contributed by atoms with Crippen LogP contribution in [0.25, 0.3) is 0 Å². The Hall–Kier alpha value is -2.37. The van der Waals surface area contributed by atoms with Crippen molar-refractivity contribution in [3.8, 4) is 0 Å². The van der Waals surface area contributed by atoms with Crippen LogP contribution in [0.5, 0.6) is 0 Å². The minimum Gasteiger partial charge on any atom is -0.469 e. The molecule has 1 aromatic heterocycles. The maximum absolute atomic E-state index is 11.4. The highest BCUT2D eigenvalue weighted by Gasteiger charge is 2.36. The Morgan fingerprint density at radius 3 is 2.83 bits per heavy atom. The molecule has 0 aliphatic heterocycles. The second kappa shape index (κ2) is 6.26.